The monoisotopic (exact) mass is 298 g/mol. The molecule has 1 N–H and O–H groups in total. The van der Waals surface area contributed by atoms with Gasteiger partial charge < -0.3 is 10.2 Å². The second-order valence-electron chi connectivity index (χ2n) is 4.25. The highest BCUT2D eigenvalue weighted by atomic mass is 79.9. The second-order valence-corrected chi connectivity index (χ2v) is 5.62. The predicted octanol–water partition coefficient (Wildman–Crippen LogP) is 2.19. The molecule has 1 rings (SSSR count). The van der Waals surface area contributed by atoms with Gasteiger partial charge in [-0.1, -0.05) is 46.3 Å². The quantitative estimate of drug-likeness (QED) is 0.845. The molecule has 3 nitrogen and oxygen atoms in total. The van der Waals surface area contributed by atoms with Crippen molar-refractivity contribution in [3.05, 3.63) is 35.9 Å². The van der Waals surface area contributed by atoms with Crippen LogP contribution in [0, 0.1) is 0 Å². The zero-order valence-electron chi connectivity index (χ0n) is 10.5. The van der Waals surface area contributed by atoms with E-state index in [1.165, 1.54) is 5.56 Å². The Hall–Kier alpha value is -0.870. The third-order valence-electron chi connectivity index (χ3n) is 2.64. The average Bonchev–Trinajstić information content (AvgIpc) is 2.29. The Bertz CT molecular complexity index is 352. The maximum atomic E-state index is 11.5. The van der Waals surface area contributed by atoms with Gasteiger partial charge in [0.15, 0.2) is 0 Å². The summed E-state index contributed by atoms with van der Waals surface area (Å²) in [5, 5.41) is 2.93. The van der Waals surface area contributed by atoms with Crippen molar-refractivity contribution in [1.29, 1.82) is 0 Å². The van der Waals surface area contributed by atoms with Crippen LogP contribution in [0.4, 0.5) is 0 Å². The van der Waals surface area contributed by atoms with Crippen LogP contribution in [-0.2, 0) is 4.79 Å². The van der Waals surface area contributed by atoms with E-state index in [0.29, 0.717) is 6.54 Å². The molecular weight excluding hydrogens is 280 g/mol. The minimum absolute atomic E-state index is 0.0211. The van der Waals surface area contributed by atoms with E-state index in [9.17, 15) is 4.79 Å². The summed E-state index contributed by atoms with van der Waals surface area (Å²) < 4.78 is 0. The van der Waals surface area contributed by atoms with Crippen LogP contribution in [0.2, 0.25) is 0 Å². The van der Waals surface area contributed by atoms with E-state index < -0.39 is 0 Å². The molecule has 94 valence electrons. The molecule has 0 saturated heterocycles. The number of likely N-dealkylation sites (N-methyl/N-ethyl adjacent to an activating group) is 1. The average molecular weight is 299 g/mol. The van der Waals surface area contributed by atoms with Crippen LogP contribution in [0.3, 0.4) is 0 Å². The summed E-state index contributed by atoms with van der Waals surface area (Å²) >= 11 is 3.26. The molecule has 2 unspecified atom stereocenters. The van der Waals surface area contributed by atoms with Gasteiger partial charge in [-0.15, -0.1) is 0 Å². The predicted molar refractivity (Wildman–Crippen MR) is 74.3 cm³/mol. The van der Waals surface area contributed by atoms with Crippen LogP contribution in [-0.4, -0.2) is 36.3 Å². The largest absolute Gasteiger partial charge is 0.353 e. The molecule has 0 spiro atoms. The number of alkyl halides is 1. The molecule has 4 heteroatoms. The zero-order valence-corrected chi connectivity index (χ0v) is 12.1. The molecule has 1 amide bonds. The summed E-state index contributed by atoms with van der Waals surface area (Å²) in [6.07, 6.45) is 0. The summed E-state index contributed by atoms with van der Waals surface area (Å²) in [4.78, 5) is 13.5. The van der Waals surface area contributed by atoms with Crippen LogP contribution in [0.1, 0.15) is 18.5 Å². The van der Waals surface area contributed by atoms with Crippen molar-refractivity contribution in [2.24, 2.45) is 0 Å². The van der Waals surface area contributed by atoms with Crippen LogP contribution in [0.5, 0.6) is 0 Å². The molecule has 0 aliphatic heterocycles. The van der Waals surface area contributed by atoms with Crippen molar-refractivity contribution in [3.63, 3.8) is 0 Å². The lowest BCUT2D eigenvalue weighted by Crippen LogP contribution is -2.37. The van der Waals surface area contributed by atoms with E-state index in [-0.39, 0.29) is 16.8 Å². The fraction of sp³-hybridized carbons (Fsp3) is 0.462. The van der Waals surface area contributed by atoms with Gasteiger partial charge in [0.05, 0.1) is 10.9 Å². The molecule has 0 aliphatic carbocycles. The minimum atomic E-state index is -0.152. The van der Waals surface area contributed by atoms with Gasteiger partial charge in [-0.3, -0.25) is 4.79 Å². The molecule has 0 fully saturated rings. The number of nitrogens with one attached hydrogen (secondary N) is 1. The van der Waals surface area contributed by atoms with Crippen molar-refractivity contribution >= 4 is 21.8 Å². The Kier molecular flexibility index (Phi) is 5.65. The summed E-state index contributed by atoms with van der Waals surface area (Å²) in [5.41, 5.74) is 1.21. The summed E-state index contributed by atoms with van der Waals surface area (Å²) in [5.74, 6) is 0.0211. The third-order valence-corrected chi connectivity index (χ3v) is 3.05. The van der Waals surface area contributed by atoms with Crippen molar-refractivity contribution in [1.82, 2.24) is 10.2 Å². The maximum absolute atomic E-state index is 11.5. The Labute approximate surface area is 111 Å². The summed E-state index contributed by atoms with van der Waals surface area (Å²) in [6.45, 7) is 2.44. The third kappa shape index (κ3) is 4.48. The smallest absolute Gasteiger partial charge is 0.233 e. The van der Waals surface area contributed by atoms with Gasteiger partial charge in [0.25, 0.3) is 0 Å². The van der Waals surface area contributed by atoms with Crippen molar-refractivity contribution in [3.8, 4) is 0 Å². The Morgan fingerprint density at radius 1 is 1.35 bits per heavy atom. The Balaban J connectivity index is 2.66. The highest BCUT2D eigenvalue weighted by Gasteiger charge is 2.16. The fourth-order valence-corrected chi connectivity index (χ4v) is 1.77. The molecule has 17 heavy (non-hydrogen) atoms. The fourth-order valence-electron chi connectivity index (χ4n) is 1.61. The zero-order chi connectivity index (χ0) is 12.8. The SMILES string of the molecule is CC(Br)C(=O)NCC(c1ccccc1)N(C)C. The van der Waals surface area contributed by atoms with E-state index >= 15 is 0 Å². The first-order valence-corrected chi connectivity index (χ1v) is 6.57. The molecule has 0 saturated carbocycles. The van der Waals surface area contributed by atoms with Gasteiger partial charge in [0, 0.05) is 6.54 Å². The highest BCUT2D eigenvalue weighted by molar-refractivity contribution is 9.10. The first-order valence-electron chi connectivity index (χ1n) is 5.65. The van der Waals surface area contributed by atoms with Crippen LogP contribution in [0.15, 0.2) is 30.3 Å². The number of halogens is 1. The first-order chi connectivity index (χ1) is 8.02. The number of rotatable bonds is 5. The van der Waals surface area contributed by atoms with Gasteiger partial charge in [-0.05, 0) is 26.6 Å². The maximum Gasteiger partial charge on any atom is 0.233 e. The number of benzene rings is 1. The molecule has 1 aromatic rings. The Morgan fingerprint density at radius 3 is 2.41 bits per heavy atom. The minimum Gasteiger partial charge on any atom is -0.353 e. The van der Waals surface area contributed by atoms with Crippen LogP contribution < -0.4 is 5.32 Å². The van der Waals surface area contributed by atoms with Crippen LogP contribution in [0.25, 0.3) is 0 Å². The highest BCUT2D eigenvalue weighted by Crippen LogP contribution is 2.16. The molecule has 2 atom stereocenters. The van der Waals surface area contributed by atoms with Crippen LogP contribution >= 0.6 is 15.9 Å². The lowest BCUT2D eigenvalue weighted by atomic mass is 10.1. The van der Waals surface area contributed by atoms with E-state index in [4.69, 9.17) is 0 Å². The van der Waals surface area contributed by atoms with Crippen molar-refractivity contribution in [2.45, 2.75) is 17.8 Å². The van der Waals surface area contributed by atoms with Gasteiger partial charge in [-0.2, -0.15) is 0 Å². The van der Waals surface area contributed by atoms with Gasteiger partial charge in [0.2, 0.25) is 5.91 Å². The van der Waals surface area contributed by atoms with E-state index in [1.54, 1.807) is 0 Å². The number of amides is 1. The standard InChI is InChI=1S/C13H19BrN2O/c1-10(14)13(17)15-9-12(16(2)3)11-7-5-4-6-8-11/h4-8,10,12H,9H2,1-3H3,(H,15,17). The second kappa shape index (κ2) is 6.77. The number of hydrogen-bond donors (Lipinski definition) is 1. The molecule has 0 aliphatic rings. The summed E-state index contributed by atoms with van der Waals surface area (Å²) in [6, 6.07) is 10.4. The molecule has 0 radical (unpaired) electrons. The van der Waals surface area contributed by atoms with Gasteiger partial charge >= 0.3 is 0 Å². The van der Waals surface area contributed by atoms with Crippen molar-refractivity contribution < 1.29 is 4.79 Å². The molecule has 0 heterocycles. The normalized spacial score (nSPS) is 14.4. The van der Waals surface area contributed by atoms with Gasteiger partial charge in [-0.25, -0.2) is 0 Å². The first kappa shape index (κ1) is 14.2. The number of carbonyl (C=O) groups is 1. The lowest BCUT2D eigenvalue weighted by Gasteiger charge is -2.25. The number of carbonyl (C=O) groups excluding carboxylic acids is 1. The number of hydrogen-bond acceptors (Lipinski definition) is 2. The van der Waals surface area contributed by atoms with E-state index in [1.807, 2.05) is 39.2 Å². The number of nitrogens with zero attached hydrogens (tertiary/aromatic N) is 1. The Morgan fingerprint density at radius 2 is 1.94 bits per heavy atom. The topological polar surface area (TPSA) is 32.3 Å². The molecular formula is C13H19BrN2O. The lowest BCUT2D eigenvalue weighted by molar-refractivity contribution is -0.120. The summed E-state index contributed by atoms with van der Waals surface area (Å²) in [7, 11) is 4.03. The molecule has 0 aromatic heterocycles. The van der Waals surface area contributed by atoms with Crippen molar-refractivity contribution in [2.75, 3.05) is 20.6 Å². The van der Waals surface area contributed by atoms with Gasteiger partial charge in [0.1, 0.15) is 0 Å². The molecule has 1 aromatic carbocycles. The van der Waals surface area contributed by atoms with E-state index in [2.05, 4.69) is 38.3 Å². The van der Waals surface area contributed by atoms with E-state index in [0.717, 1.165) is 0 Å². The molecule has 0 bridgehead atoms.